The number of hydrogen-bond donors (Lipinski definition) is 2. The van der Waals surface area contributed by atoms with Gasteiger partial charge in [-0.25, -0.2) is 9.78 Å². The average Bonchev–Trinajstić information content (AvgIpc) is 2.45. The molecule has 1 aromatic heterocycles. The molecule has 2 atom stereocenters. The zero-order valence-corrected chi connectivity index (χ0v) is 11.0. The Kier molecular flexibility index (Phi) is 4.31. The van der Waals surface area contributed by atoms with Crippen LogP contribution in [0.2, 0.25) is 0 Å². The van der Waals surface area contributed by atoms with Gasteiger partial charge in [0.2, 0.25) is 0 Å². The van der Waals surface area contributed by atoms with Crippen LogP contribution in [-0.4, -0.2) is 63.9 Å². The zero-order valence-electron chi connectivity index (χ0n) is 11.0. The zero-order chi connectivity index (χ0) is 14.7. The third kappa shape index (κ3) is 3.12. The van der Waals surface area contributed by atoms with Crippen molar-refractivity contribution < 1.29 is 24.5 Å². The van der Waals surface area contributed by atoms with E-state index in [1.807, 2.05) is 6.92 Å². The first-order chi connectivity index (χ1) is 9.51. The molecule has 0 bridgehead atoms. The molecule has 0 aromatic carbocycles. The first kappa shape index (κ1) is 14.4. The summed E-state index contributed by atoms with van der Waals surface area (Å²) in [7, 11) is 0. The Morgan fingerprint density at radius 2 is 2.10 bits per heavy atom. The number of carboxylic acids is 1. The average molecular weight is 280 g/mol. The van der Waals surface area contributed by atoms with Crippen molar-refractivity contribution >= 4 is 11.9 Å². The van der Waals surface area contributed by atoms with Gasteiger partial charge in [-0.15, -0.1) is 0 Å². The molecule has 1 amide bonds. The highest BCUT2D eigenvalue weighted by atomic mass is 16.5. The smallest absolute Gasteiger partial charge is 0.354 e. The summed E-state index contributed by atoms with van der Waals surface area (Å²) in [5.74, 6) is -1.54. The lowest BCUT2D eigenvalue weighted by Crippen LogP contribution is -2.50. The molecule has 108 valence electrons. The lowest BCUT2D eigenvalue weighted by Gasteiger charge is -2.35. The number of carbonyl (C=O) groups is 2. The second-order valence-electron chi connectivity index (χ2n) is 4.67. The molecular formula is C13H16N2O5. The van der Waals surface area contributed by atoms with E-state index in [1.165, 1.54) is 23.1 Å². The highest BCUT2D eigenvalue weighted by Crippen LogP contribution is 2.14. The standard InChI is InChI=1S/C13H16N2O5/c1-8-5-15(6-9(7-16)20-8)12(17)10-3-2-4-11(14-10)13(18)19/h2-4,8-9,16H,5-7H2,1H3,(H,18,19). The molecule has 7 nitrogen and oxygen atoms in total. The van der Waals surface area contributed by atoms with Gasteiger partial charge in [0.05, 0.1) is 18.8 Å². The minimum Gasteiger partial charge on any atom is -0.477 e. The number of amides is 1. The number of carbonyl (C=O) groups excluding carboxylic acids is 1. The second kappa shape index (κ2) is 5.98. The van der Waals surface area contributed by atoms with Crippen molar-refractivity contribution in [2.45, 2.75) is 19.1 Å². The molecule has 2 rings (SSSR count). The van der Waals surface area contributed by atoms with Gasteiger partial charge in [-0.2, -0.15) is 0 Å². The van der Waals surface area contributed by atoms with Gasteiger partial charge in [-0.3, -0.25) is 4.79 Å². The van der Waals surface area contributed by atoms with Gasteiger partial charge in [-0.05, 0) is 19.1 Å². The number of aliphatic hydroxyl groups excluding tert-OH is 1. The van der Waals surface area contributed by atoms with E-state index >= 15 is 0 Å². The van der Waals surface area contributed by atoms with E-state index in [0.717, 1.165) is 0 Å². The predicted octanol–water partition coefficient (Wildman–Crippen LogP) is 0.00160. The molecule has 1 saturated heterocycles. The number of carboxylic acid groups (broad SMARTS) is 1. The Hall–Kier alpha value is -1.99. The van der Waals surface area contributed by atoms with Crippen LogP contribution in [0.4, 0.5) is 0 Å². The van der Waals surface area contributed by atoms with Crippen LogP contribution in [0, 0.1) is 0 Å². The fourth-order valence-corrected chi connectivity index (χ4v) is 2.15. The molecule has 2 heterocycles. The maximum Gasteiger partial charge on any atom is 0.354 e. The number of hydrogen-bond acceptors (Lipinski definition) is 5. The molecule has 1 aliphatic heterocycles. The van der Waals surface area contributed by atoms with Crippen LogP contribution >= 0.6 is 0 Å². The summed E-state index contributed by atoms with van der Waals surface area (Å²) in [5.41, 5.74) is -0.0912. The number of ether oxygens (including phenoxy) is 1. The molecule has 0 saturated carbocycles. The Morgan fingerprint density at radius 1 is 1.40 bits per heavy atom. The summed E-state index contributed by atoms with van der Waals surface area (Å²) in [6, 6.07) is 4.29. The Balaban J connectivity index is 2.18. The van der Waals surface area contributed by atoms with Crippen LogP contribution in [0.15, 0.2) is 18.2 Å². The number of aliphatic hydroxyl groups is 1. The lowest BCUT2D eigenvalue weighted by atomic mass is 10.2. The van der Waals surface area contributed by atoms with E-state index in [2.05, 4.69) is 4.98 Å². The molecule has 2 unspecified atom stereocenters. The van der Waals surface area contributed by atoms with Crippen LogP contribution in [0.5, 0.6) is 0 Å². The fourth-order valence-electron chi connectivity index (χ4n) is 2.15. The summed E-state index contributed by atoms with van der Waals surface area (Å²) >= 11 is 0. The quantitative estimate of drug-likeness (QED) is 0.808. The van der Waals surface area contributed by atoms with Crippen LogP contribution in [-0.2, 0) is 4.74 Å². The van der Waals surface area contributed by atoms with Crippen molar-refractivity contribution in [2.24, 2.45) is 0 Å². The van der Waals surface area contributed by atoms with Gasteiger partial charge in [0.15, 0.2) is 0 Å². The first-order valence-electron chi connectivity index (χ1n) is 6.27. The van der Waals surface area contributed by atoms with Crippen molar-refractivity contribution in [1.29, 1.82) is 0 Å². The fraction of sp³-hybridized carbons (Fsp3) is 0.462. The number of nitrogens with zero attached hydrogens (tertiary/aromatic N) is 2. The highest BCUT2D eigenvalue weighted by Gasteiger charge is 2.29. The van der Waals surface area contributed by atoms with E-state index in [0.29, 0.717) is 6.54 Å². The molecule has 2 N–H and O–H groups in total. The third-order valence-corrected chi connectivity index (χ3v) is 3.00. The number of pyridine rings is 1. The van der Waals surface area contributed by atoms with Gasteiger partial charge in [0.25, 0.3) is 5.91 Å². The summed E-state index contributed by atoms with van der Waals surface area (Å²) in [4.78, 5) is 28.5. The summed E-state index contributed by atoms with van der Waals surface area (Å²) < 4.78 is 5.46. The molecule has 20 heavy (non-hydrogen) atoms. The Morgan fingerprint density at radius 3 is 2.75 bits per heavy atom. The molecular weight excluding hydrogens is 264 g/mol. The second-order valence-corrected chi connectivity index (χ2v) is 4.67. The largest absolute Gasteiger partial charge is 0.477 e. The number of aromatic nitrogens is 1. The van der Waals surface area contributed by atoms with E-state index in [1.54, 1.807) is 0 Å². The summed E-state index contributed by atoms with van der Waals surface area (Å²) in [5, 5.41) is 18.0. The lowest BCUT2D eigenvalue weighted by molar-refractivity contribution is -0.0859. The van der Waals surface area contributed by atoms with Gasteiger partial charge >= 0.3 is 5.97 Å². The van der Waals surface area contributed by atoms with E-state index in [4.69, 9.17) is 14.9 Å². The normalized spacial score (nSPS) is 22.6. The van der Waals surface area contributed by atoms with Crippen LogP contribution in [0.3, 0.4) is 0 Å². The predicted molar refractivity (Wildman–Crippen MR) is 68.5 cm³/mol. The molecule has 0 spiro atoms. The van der Waals surface area contributed by atoms with Crippen LogP contribution in [0.1, 0.15) is 27.9 Å². The SMILES string of the molecule is CC1CN(C(=O)c2cccc(C(=O)O)n2)CC(CO)O1. The van der Waals surface area contributed by atoms with Crippen LogP contribution < -0.4 is 0 Å². The van der Waals surface area contributed by atoms with Crippen molar-refractivity contribution in [3.63, 3.8) is 0 Å². The van der Waals surface area contributed by atoms with Gasteiger partial charge in [0, 0.05) is 13.1 Å². The van der Waals surface area contributed by atoms with Gasteiger partial charge < -0.3 is 19.8 Å². The third-order valence-electron chi connectivity index (χ3n) is 3.00. The van der Waals surface area contributed by atoms with E-state index in [-0.39, 0.29) is 36.6 Å². The first-order valence-corrected chi connectivity index (χ1v) is 6.27. The molecule has 7 heteroatoms. The molecule has 0 aliphatic carbocycles. The van der Waals surface area contributed by atoms with Crippen molar-refractivity contribution in [1.82, 2.24) is 9.88 Å². The number of rotatable bonds is 3. The van der Waals surface area contributed by atoms with Crippen molar-refractivity contribution in [3.05, 3.63) is 29.6 Å². The number of aromatic carboxylic acids is 1. The number of morpholine rings is 1. The maximum atomic E-state index is 12.3. The van der Waals surface area contributed by atoms with E-state index < -0.39 is 12.1 Å². The highest BCUT2D eigenvalue weighted by molar-refractivity contribution is 5.94. The van der Waals surface area contributed by atoms with Crippen LogP contribution in [0.25, 0.3) is 0 Å². The monoisotopic (exact) mass is 280 g/mol. The van der Waals surface area contributed by atoms with E-state index in [9.17, 15) is 9.59 Å². The molecule has 1 aromatic rings. The van der Waals surface area contributed by atoms with Crippen molar-refractivity contribution in [3.8, 4) is 0 Å². The van der Waals surface area contributed by atoms with Gasteiger partial charge in [0.1, 0.15) is 11.4 Å². The molecule has 1 aliphatic rings. The van der Waals surface area contributed by atoms with Crippen molar-refractivity contribution in [2.75, 3.05) is 19.7 Å². The minimum absolute atomic E-state index is 0.0793. The summed E-state index contributed by atoms with van der Waals surface area (Å²) in [6.45, 7) is 2.28. The van der Waals surface area contributed by atoms with Gasteiger partial charge in [-0.1, -0.05) is 6.07 Å². The Bertz CT molecular complexity index is 519. The summed E-state index contributed by atoms with van der Waals surface area (Å²) in [6.07, 6.45) is -0.613. The molecule has 1 fully saturated rings. The topological polar surface area (TPSA) is 100.0 Å². The Labute approximate surface area is 115 Å². The minimum atomic E-state index is -1.18. The maximum absolute atomic E-state index is 12.3. The molecule has 0 radical (unpaired) electrons.